The first-order valence-corrected chi connectivity index (χ1v) is 7.33. The van der Waals surface area contributed by atoms with Crippen LogP contribution in [-0.4, -0.2) is 44.4 Å². The minimum absolute atomic E-state index is 0.0608. The van der Waals surface area contributed by atoms with E-state index >= 15 is 0 Å². The number of rotatable bonds is 5. The van der Waals surface area contributed by atoms with Crippen molar-refractivity contribution in [2.75, 3.05) is 20.0 Å². The molecule has 0 fully saturated rings. The van der Waals surface area contributed by atoms with Crippen LogP contribution in [-0.2, 0) is 16.4 Å². The molecule has 104 valence electrons. The highest BCUT2D eigenvalue weighted by Gasteiger charge is 2.22. The van der Waals surface area contributed by atoms with Crippen LogP contribution in [0.2, 0.25) is 0 Å². The number of hydrogen-bond acceptors (Lipinski definition) is 7. The Kier molecular flexibility index (Phi) is 4.01. The first-order chi connectivity index (χ1) is 9.05. The second-order valence-electron chi connectivity index (χ2n) is 4.02. The number of nitrogens with one attached hydrogen (secondary N) is 1. The molecule has 0 amide bonds. The Balaban J connectivity index is 2.09. The lowest BCUT2D eigenvalue weighted by molar-refractivity contribution is 0.358. The lowest BCUT2D eigenvalue weighted by Gasteiger charge is -2.13. The summed E-state index contributed by atoms with van der Waals surface area (Å²) in [7, 11) is -0.0577. The van der Waals surface area contributed by atoms with Crippen LogP contribution < -0.4 is 14.8 Å². The van der Waals surface area contributed by atoms with Crippen molar-refractivity contribution >= 4 is 9.84 Å². The van der Waals surface area contributed by atoms with Crippen LogP contribution in [0.3, 0.4) is 0 Å². The van der Waals surface area contributed by atoms with Crippen LogP contribution in [0, 0.1) is 0 Å². The van der Waals surface area contributed by atoms with E-state index in [1.165, 1.54) is 26.0 Å². The predicted octanol–water partition coefficient (Wildman–Crippen LogP) is -0.106. The van der Waals surface area contributed by atoms with E-state index in [4.69, 9.17) is 9.47 Å². The molecule has 1 aliphatic rings. The normalized spacial score (nSPS) is 20.4. The number of ether oxygens (including phenoxy) is 2. The lowest BCUT2D eigenvalue weighted by atomic mass is 10.2. The van der Waals surface area contributed by atoms with E-state index < -0.39 is 9.84 Å². The third-order valence-electron chi connectivity index (χ3n) is 2.72. The molecule has 19 heavy (non-hydrogen) atoms. The number of sulfone groups is 1. The lowest BCUT2D eigenvalue weighted by Crippen LogP contribution is -2.30. The average molecular weight is 285 g/mol. The van der Waals surface area contributed by atoms with Crippen molar-refractivity contribution < 1.29 is 17.9 Å². The summed E-state index contributed by atoms with van der Waals surface area (Å²) in [6.45, 7) is 0.359. The number of aromatic nitrogens is 2. The first kappa shape index (κ1) is 13.8. The highest BCUT2D eigenvalue weighted by atomic mass is 32.2. The minimum atomic E-state index is -3.07. The first-order valence-electron chi connectivity index (χ1n) is 5.62. The molecule has 2 heterocycles. The molecule has 0 radical (unpaired) electrons. The second-order valence-corrected chi connectivity index (χ2v) is 5.95. The van der Waals surface area contributed by atoms with Crippen molar-refractivity contribution in [3.8, 4) is 11.8 Å². The van der Waals surface area contributed by atoms with Gasteiger partial charge in [-0.1, -0.05) is 6.08 Å². The van der Waals surface area contributed by atoms with Gasteiger partial charge in [-0.25, -0.2) is 18.4 Å². The highest BCUT2D eigenvalue weighted by Crippen LogP contribution is 2.23. The Morgan fingerprint density at radius 2 is 1.95 bits per heavy atom. The monoisotopic (exact) mass is 285 g/mol. The SMILES string of the molecule is COc1ncnc(OC)c1CNC1C=CS(=O)(=O)C1. The summed E-state index contributed by atoms with van der Waals surface area (Å²) < 4.78 is 32.9. The molecule has 0 aromatic carbocycles. The zero-order valence-electron chi connectivity index (χ0n) is 10.7. The van der Waals surface area contributed by atoms with Gasteiger partial charge in [-0.3, -0.25) is 0 Å². The summed E-state index contributed by atoms with van der Waals surface area (Å²) in [6.07, 6.45) is 2.97. The number of hydrogen-bond donors (Lipinski definition) is 1. The van der Waals surface area contributed by atoms with Crippen LogP contribution in [0.4, 0.5) is 0 Å². The molecule has 8 heteroatoms. The van der Waals surface area contributed by atoms with Gasteiger partial charge in [-0.2, -0.15) is 0 Å². The Hall–Kier alpha value is -1.67. The molecule has 1 atom stereocenters. The van der Waals surface area contributed by atoms with Gasteiger partial charge in [0.05, 0.1) is 25.5 Å². The van der Waals surface area contributed by atoms with Gasteiger partial charge in [-0.15, -0.1) is 0 Å². The summed E-state index contributed by atoms with van der Waals surface area (Å²) in [5.41, 5.74) is 0.658. The van der Waals surface area contributed by atoms with E-state index in [1.807, 2.05) is 0 Å². The van der Waals surface area contributed by atoms with Gasteiger partial charge < -0.3 is 14.8 Å². The molecular formula is C11H15N3O4S. The van der Waals surface area contributed by atoms with Crippen molar-refractivity contribution in [2.24, 2.45) is 0 Å². The van der Waals surface area contributed by atoms with Crippen molar-refractivity contribution in [3.63, 3.8) is 0 Å². The molecule has 0 bridgehead atoms. The Morgan fingerprint density at radius 3 is 2.42 bits per heavy atom. The van der Waals surface area contributed by atoms with Gasteiger partial charge in [0.25, 0.3) is 0 Å². The van der Waals surface area contributed by atoms with E-state index in [0.29, 0.717) is 23.9 Å². The molecule has 1 aliphatic heterocycles. The molecule has 1 aromatic rings. The van der Waals surface area contributed by atoms with Gasteiger partial charge in [0.2, 0.25) is 11.8 Å². The van der Waals surface area contributed by atoms with Crippen LogP contribution in [0.25, 0.3) is 0 Å². The summed E-state index contributed by atoms with van der Waals surface area (Å²) in [5.74, 6) is 0.874. The Morgan fingerprint density at radius 1 is 1.32 bits per heavy atom. The fraction of sp³-hybridized carbons (Fsp3) is 0.455. The molecule has 1 N–H and O–H groups in total. The summed E-state index contributed by atoms with van der Waals surface area (Å²) >= 11 is 0. The molecule has 2 rings (SSSR count). The second kappa shape index (κ2) is 5.54. The summed E-state index contributed by atoms with van der Waals surface area (Å²) in [5, 5.41) is 4.32. The third kappa shape index (κ3) is 3.21. The molecule has 1 unspecified atom stereocenters. The minimum Gasteiger partial charge on any atom is -0.481 e. The van der Waals surface area contributed by atoms with E-state index in [1.54, 1.807) is 6.08 Å². The van der Waals surface area contributed by atoms with Gasteiger partial charge in [0.15, 0.2) is 9.84 Å². The van der Waals surface area contributed by atoms with Gasteiger partial charge in [-0.05, 0) is 0 Å². The molecule has 7 nitrogen and oxygen atoms in total. The van der Waals surface area contributed by atoms with E-state index in [-0.39, 0.29) is 11.8 Å². The molecule has 0 aliphatic carbocycles. The highest BCUT2D eigenvalue weighted by molar-refractivity contribution is 7.94. The van der Waals surface area contributed by atoms with E-state index in [9.17, 15) is 8.42 Å². The van der Waals surface area contributed by atoms with Crippen molar-refractivity contribution in [1.82, 2.24) is 15.3 Å². The summed E-state index contributed by atoms with van der Waals surface area (Å²) in [6, 6.07) is -0.223. The predicted molar refractivity (Wildman–Crippen MR) is 68.7 cm³/mol. The van der Waals surface area contributed by atoms with E-state index in [0.717, 1.165) is 0 Å². The molecule has 0 saturated heterocycles. The standard InChI is InChI=1S/C11H15N3O4S/c1-17-10-9(11(18-2)14-7-13-10)5-12-8-3-4-19(15,16)6-8/h3-4,7-8,12H,5-6H2,1-2H3. The Labute approximate surface area is 111 Å². The maximum absolute atomic E-state index is 11.3. The topological polar surface area (TPSA) is 90.4 Å². The van der Waals surface area contributed by atoms with Crippen molar-refractivity contribution in [1.29, 1.82) is 0 Å². The van der Waals surface area contributed by atoms with Gasteiger partial charge in [0, 0.05) is 18.0 Å². The molecule has 0 saturated carbocycles. The fourth-order valence-electron chi connectivity index (χ4n) is 1.82. The third-order valence-corrected chi connectivity index (χ3v) is 4.12. The number of methoxy groups -OCH3 is 2. The van der Waals surface area contributed by atoms with Gasteiger partial charge in [0.1, 0.15) is 6.33 Å². The smallest absolute Gasteiger partial charge is 0.224 e. The fourth-order valence-corrected chi connectivity index (χ4v) is 3.09. The average Bonchev–Trinajstić information content (AvgIpc) is 2.75. The van der Waals surface area contributed by atoms with Gasteiger partial charge >= 0.3 is 0 Å². The van der Waals surface area contributed by atoms with Crippen molar-refractivity contribution in [2.45, 2.75) is 12.6 Å². The zero-order chi connectivity index (χ0) is 13.9. The van der Waals surface area contributed by atoms with Crippen LogP contribution in [0.1, 0.15) is 5.56 Å². The molecule has 1 aromatic heterocycles. The van der Waals surface area contributed by atoms with Crippen molar-refractivity contribution in [3.05, 3.63) is 23.4 Å². The van der Waals surface area contributed by atoms with Crippen LogP contribution in [0.5, 0.6) is 11.8 Å². The largest absolute Gasteiger partial charge is 0.481 e. The van der Waals surface area contributed by atoms with Crippen LogP contribution in [0.15, 0.2) is 17.8 Å². The summed E-state index contributed by atoms with van der Waals surface area (Å²) in [4.78, 5) is 7.98. The molecule has 0 spiro atoms. The zero-order valence-corrected chi connectivity index (χ0v) is 11.5. The quantitative estimate of drug-likeness (QED) is 0.807. The molecular weight excluding hydrogens is 270 g/mol. The number of nitrogens with zero attached hydrogens (tertiary/aromatic N) is 2. The van der Waals surface area contributed by atoms with Crippen LogP contribution >= 0.6 is 0 Å². The Bertz CT molecular complexity index is 563. The van der Waals surface area contributed by atoms with E-state index in [2.05, 4.69) is 15.3 Å². The maximum atomic E-state index is 11.3. The maximum Gasteiger partial charge on any atom is 0.224 e.